The zero-order valence-electron chi connectivity index (χ0n) is 14.0. The molecule has 1 aromatic carbocycles. The molecule has 1 amide bonds. The lowest BCUT2D eigenvalue weighted by molar-refractivity contribution is 0.0933. The van der Waals surface area contributed by atoms with E-state index < -0.39 is 0 Å². The van der Waals surface area contributed by atoms with Gasteiger partial charge >= 0.3 is 0 Å². The molecular formula is C19H20BrN3O. The number of halogens is 1. The lowest BCUT2D eigenvalue weighted by Crippen LogP contribution is -2.28. The van der Waals surface area contributed by atoms with E-state index in [2.05, 4.69) is 26.2 Å². The van der Waals surface area contributed by atoms with Crippen LogP contribution in [0.15, 0.2) is 47.1 Å². The lowest BCUT2D eigenvalue weighted by Gasteiger charge is -2.15. The minimum atomic E-state index is -0.104. The Morgan fingerprint density at radius 3 is 2.71 bits per heavy atom. The number of amides is 1. The fraction of sp³-hybridized carbons (Fsp3) is 0.263. The van der Waals surface area contributed by atoms with E-state index in [-0.39, 0.29) is 11.9 Å². The van der Waals surface area contributed by atoms with E-state index in [1.807, 2.05) is 67.8 Å². The first kappa shape index (κ1) is 16.7. The highest BCUT2D eigenvalue weighted by molar-refractivity contribution is 9.10. The number of pyridine rings is 1. The summed E-state index contributed by atoms with van der Waals surface area (Å²) in [5.74, 6) is -0.104. The van der Waals surface area contributed by atoms with Gasteiger partial charge in [0.1, 0.15) is 11.3 Å². The van der Waals surface area contributed by atoms with E-state index in [4.69, 9.17) is 0 Å². The fourth-order valence-electron chi connectivity index (χ4n) is 2.89. The molecular weight excluding hydrogens is 366 g/mol. The minimum Gasteiger partial charge on any atom is -0.344 e. The first-order chi connectivity index (χ1) is 11.5. The summed E-state index contributed by atoms with van der Waals surface area (Å²) in [4.78, 5) is 17.6. The van der Waals surface area contributed by atoms with Crippen LogP contribution in [0.5, 0.6) is 0 Å². The molecule has 0 aliphatic rings. The quantitative estimate of drug-likeness (QED) is 0.720. The normalized spacial score (nSPS) is 12.3. The molecule has 2 aromatic heterocycles. The second kappa shape index (κ2) is 6.77. The third kappa shape index (κ3) is 3.08. The number of hydrogen-bond acceptors (Lipinski definition) is 2. The van der Waals surface area contributed by atoms with Crippen LogP contribution in [0.2, 0.25) is 0 Å². The molecule has 24 heavy (non-hydrogen) atoms. The highest BCUT2D eigenvalue weighted by Gasteiger charge is 2.21. The van der Waals surface area contributed by atoms with Gasteiger partial charge in [0.25, 0.3) is 5.91 Å². The zero-order chi connectivity index (χ0) is 17.3. The summed E-state index contributed by atoms with van der Waals surface area (Å²) in [7, 11) is 0. The summed E-state index contributed by atoms with van der Waals surface area (Å²) >= 11 is 3.50. The van der Waals surface area contributed by atoms with Crippen molar-refractivity contribution >= 4 is 27.5 Å². The summed E-state index contributed by atoms with van der Waals surface area (Å²) in [6.07, 6.45) is 2.61. The third-order valence-electron chi connectivity index (χ3n) is 4.14. The number of fused-ring (bicyclic) bond motifs is 1. The summed E-state index contributed by atoms with van der Waals surface area (Å²) in [5.41, 5.74) is 4.37. The number of aryl methyl sites for hydroxylation is 2. The summed E-state index contributed by atoms with van der Waals surface area (Å²) in [6, 6.07) is 11.9. The number of carbonyl (C=O) groups excluding carboxylic acids is 1. The van der Waals surface area contributed by atoms with Crippen molar-refractivity contribution in [3.8, 4) is 0 Å². The molecule has 0 spiro atoms. The van der Waals surface area contributed by atoms with Gasteiger partial charge in [0.05, 0.1) is 11.7 Å². The first-order valence-corrected chi connectivity index (χ1v) is 8.83. The first-order valence-electron chi connectivity index (χ1n) is 8.04. The molecule has 0 fully saturated rings. The molecule has 1 N–H and O–H groups in total. The van der Waals surface area contributed by atoms with Gasteiger partial charge in [0.15, 0.2) is 0 Å². The predicted molar refractivity (Wildman–Crippen MR) is 99.3 cm³/mol. The van der Waals surface area contributed by atoms with Crippen molar-refractivity contribution in [2.45, 2.75) is 33.2 Å². The molecule has 3 aromatic rings. The standard InChI is InChI=1S/C19H20BrN3O/c1-4-16-17(23-11-15(20)10-12(2)18(23)22-16)19(24)21-13(3)14-8-6-5-7-9-14/h5-11,13H,4H2,1-3H3,(H,21,24). The SMILES string of the molecule is CCc1nc2c(C)cc(Br)cn2c1C(=O)NC(C)c1ccccc1. The molecule has 0 bridgehead atoms. The Balaban J connectivity index is 2.00. The third-order valence-corrected chi connectivity index (χ3v) is 4.57. The second-order valence-electron chi connectivity index (χ2n) is 5.90. The van der Waals surface area contributed by atoms with E-state index in [1.54, 1.807) is 0 Å². The molecule has 3 rings (SSSR count). The molecule has 0 aliphatic carbocycles. The Morgan fingerprint density at radius 2 is 2.04 bits per heavy atom. The zero-order valence-corrected chi connectivity index (χ0v) is 15.6. The maximum Gasteiger partial charge on any atom is 0.270 e. The molecule has 2 heterocycles. The Labute approximate surface area is 150 Å². The summed E-state index contributed by atoms with van der Waals surface area (Å²) in [5, 5.41) is 3.09. The van der Waals surface area contributed by atoms with E-state index in [9.17, 15) is 4.79 Å². The van der Waals surface area contributed by atoms with Gasteiger partial charge < -0.3 is 5.32 Å². The maximum absolute atomic E-state index is 12.9. The van der Waals surface area contributed by atoms with Crippen LogP contribution in [0.4, 0.5) is 0 Å². The monoisotopic (exact) mass is 385 g/mol. The molecule has 0 saturated carbocycles. The van der Waals surface area contributed by atoms with Crippen molar-refractivity contribution in [3.05, 3.63) is 69.6 Å². The molecule has 1 unspecified atom stereocenters. The number of benzene rings is 1. The smallest absolute Gasteiger partial charge is 0.270 e. The van der Waals surface area contributed by atoms with E-state index in [0.717, 1.165) is 26.9 Å². The van der Waals surface area contributed by atoms with Crippen LogP contribution in [0.3, 0.4) is 0 Å². The topological polar surface area (TPSA) is 46.4 Å². The van der Waals surface area contributed by atoms with Gasteiger partial charge in [-0.15, -0.1) is 0 Å². The van der Waals surface area contributed by atoms with E-state index >= 15 is 0 Å². The largest absolute Gasteiger partial charge is 0.344 e. The van der Waals surface area contributed by atoms with Crippen LogP contribution in [0, 0.1) is 6.92 Å². The van der Waals surface area contributed by atoms with E-state index in [1.165, 1.54) is 0 Å². The molecule has 0 saturated heterocycles. The van der Waals surface area contributed by atoms with Crippen LogP contribution in [-0.2, 0) is 6.42 Å². The number of nitrogens with zero attached hydrogens (tertiary/aromatic N) is 2. The number of nitrogens with one attached hydrogen (secondary N) is 1. The number of aromatic nitrogens is 2. The van der Waals surface area contributed by atoms with Crippen molar-refractivity contribution in [1.82, 2.24) is 14.7 Å². The van der Waals surface area contributed by atoms with Crippen LogP contribution in [-0.4, -0.2) is 15.3 Å². The molecule has 0 aliphatic heterocycles. The molecule has 5 heteroatoms. The average Bonchev–Trinajstić information content (AvgIpc) is 2.94. The number of hydrogen-bond donors (Lipinski definition) is 1. The molecule has 4 nitrogen and oxygen atoms in total. The Kier molecular flexibility index (Phi) is 4.71. The van der Waals surface area contributed by atoms with Crippen LogP contribution in [0.25, 0.3) is 5.65 Å². The van der Waals surface area contributed by atoms with Gasteiger partial charge in [0.2, 0.25) is 0 Å². The van der Waals surface area contributed by atoms with E-state index in [0.29, 0.717) is 12.1 Å². The minimum absolute atomic E-state index is 0.0674. The van der Waals surface area contributed by atoms with Crippen LogP contribution < -0.4 is 5.32 Å². The Hall–Kier alpha value is -2.14. The fourth-order valence-corrected chi connectivity index (χ4v) is 3.44. The van der Waals surface area contributed by atoms with Crippen LogP contribution >= 0.6 is 15.9 Å². The average molecular weight is 386 g/mol. The number of carbonyl (C=O) groups is 1. The van der Waals surface area contributed by atoms with Gasteiger partial charge in [-0.25, -0.2) is 4.98 Å². The van der Waals surface area contributed by atoms with Crippen LogP contribution in [0.1, 0.15) is 47.2 Å². The van der Waals surface area contributed by atoms with Gasteiger partial charge in [-0.05, 0) is 53.4 Å². The van der Waals surface area contributed by atoms with Gasteiger partial charge in [-0.2, -0.15) is 0 Å². The second-order valence-corrected chi connectivity index (χ2v) is 6.82. The van der Waals surface area contributed by atoms with Crippen molar-refractivity contribution in [2.75, 3.05) is 0 Å². The Bertz CT molecular complexity index is 887. The van der Waals surface area contributed by atoms with Crippen molar-refractivity contribution in [3.63, 3.8) is 0 Å². The molecule has 124 valence electrons. The molecule has 0 radical (unpaired) electrons. The maximum atomic E-state index is 12.9. The van der Waals surface area contributed by atoms with Gasteiger partial charge in [-0.3, -0.25) is 9.20 Å². The van der Waals surface area contributed by atoms with Crippen molar-refractivity contribution in [2.24, 2.45) is 0 Å². The lowest BCUT2D eigenvalue weighted by atomic mass is 10.1. The van der Waals surface area contributed by atoms with Crippen molar-refractivity contribution < 1.29 is 4.79 Å². The van der Waals surface area contributed by atoms with Gasteiger partial charge in [0, 0.05) is 10.7 Å². The summed E-state index contributed by atoms with van der Waals surface area (Å²) < 4.78 is 2.81. The number of imidazole rings is 1. The molecule has 1 atom stereocenters. The highest BCUT2D eigenvalue weighted by atomic mass is 79.9. The van der Waals surface area contributed by atoms with Gasteiger partial charge in [-0.1, -0.05) is 37.3 Å². The number of rotatable bonds is 4. The summed E-state index contributed by atoms with van der Waals surface area (Å²) in [6.45, 7) is 6.01. The Morgan fingerprint density at radius 1 is 1.33 bits per heavy atom. The van der Waals surface area contributed by atoms with Crippen molar-refractivity contribution in [1.29, 1.82) is 0 Å². The highest BCUT2D eigenvalue weighted by Crippen LogP contribution is 2.22. The predicted octanol–water partition coefficient (Wildman–Crippen LogP) is 4.46.